The number of aromatic nitrogens is 2. The minimum absolute atomic E-state index is 0.0170. The van der Waals surface area contributed by atoms with Crippen LogP contribution in [0.15, 0.2) is 76.8 Å². The summed E-state index contributed by atoms with van der Waals surface area (Å²) in [6, 6.07) is 19.2. The lowest BCUT2D eigenvalue weighted by atomic mass is 10.1. The Morgan fingerprint density at radius 1 is 1.17 bits per heavy atom. The summed E-state index contributed by atoms with van der Waals surface area (Å²) < 4.78 is 1.17. The Morgan fingerprint density at radius 3 is 2.70 bits per heavy atom. The van der Waals surface area contributed by atoms with Crippen LogP contribution in [-0.2, 0) is 6.54 Å². The lowest BCUT2D eigenvalue weighted by Crippen LogP contribution is -2.26. The Kier molecular flexibility index (Phi) is 5.10. The van der Waals surface area contributed by atoms with E-state index in [1.165, 1.54) is 10.8 Å². The first-order chi connectivity index (χ1) is 14.6. The van der Waals surface area contributed by atoms with E-state index in [2.05, 4.69) is 9.98 Å². The van der Waals surface area contributed by atoms with E-state index in [4.69, 9.17) is 0 Å². The summed E-state index contributed by atoms with van der Waals surface area (Å²) in [6.07, 6.45) is 4.74. The van der Waals surface area contributed by atoms with Gasteiger partial charge in [0.1, 0.15) is 11.6 Å². The van der Waals surface area contributed by atoms with E-state index in [9.17, 15) is 15.2 Å². The van der Waals surface area contributed by atoms with Crippen LogP contribution in [0.1, 0.15) is 22.3 Å². The van der Waals surface area contributed by atoms with Gasteiger partial charge in [0.15, 0.2) is 0 Å². The SMILES string of the molecule is Cc1c(C=Nc2ccc3ccccc3c2)c(O)n(Cc2cccnc2)c(=O)c1C#N. The highest BCUT2D eigenvalue weighted by Gasteiger charge is 2.18. The summed E-state index contributed by atoms with van der Waals surface area (Å²) in [5.41, 5.74) is 1.61. The number of aliphatic imine (C=N–C) groups is 1. The molecule has 0 amide bonds. The normalized spacial score (nSPS) is 11.1. The van der Waals surface area contributed by atoms with Crippen LogP contribution in [0.2, 0.25) is 0 Å². The molecule has 30 heavy (non-hydrogen) atoms. The fourth-order valence-corrected chi connectivity index (χ4v) is 3.34. The van der Waals surface area contributed by atoms with Crippen LogP contribution in [0, 0.1) is 18.3 Å². The first-order valence-electron chi connectivity index (χ1n) is 9.36. The van der Waals surface area contributed by atoms with Crippen molar-refractivity contribution in [3.8, 4) is 11.9 Å². The van der Waals surface area contributed by atoms with Gasteiger partial charge in [0.2, 0.25) is 5.88 Å². The average molecular weight is 394 g/mol. The van der Waals surface area contributed by atoms with Crippen LogP contribution in [-0.4, -0.2) is 20.9 Å². The van der Waals surface area contributed by atoms with Gasteiger partial charge in [-0.3, -0.25) is 19.3 Å². The van der Waals surface area contributed by atoms with Crippen molar-refractivity contribution in [3.63, 3.8) is 0 Å². The summed E-state index contributed by atoms with van der Waals surface area (Å²) in [6.45, 7) is 1.74. The number of nitrogens with zero attached hydrogens (tertiary/aromatic N) is 4. The van der Waals surface area contributed by atoms with E-state index in [0.717, 1.165) is 16.3 Å². The molecule has 0 aliphatic rings. The molecular formula is C24H18N4O2. The molecule has 146 valence electrons. The second kappa shape index (κ2) is 8.02. The number of hydrogen-bond acceptors (Lipinski definition) is 5. The molecular weight excluding hydrogens is 376 g/mol. The van der Waals surface area contributed by atoms with Crippen molar-refractivity contribution in [2.75, 3.05) is 0 Å². The summed E-state index contributed by atoms with van der Waals surface area (Å²) in [7, 11) is 0. The monoisotopic (exact) mass is 394 g/mol. The maximum atomic E-state index is 12.7. The molecule has 0 saturated carbocycles. The van der Waals surface area contributed by atoms with Gasteiger partial charge in [0.05, 0.1) is 17.8 Å². The van der Waals surface area contributed by atoms with Crippen LogP contribution in [0.4, 0.5) is 5.69 Å². The molecule has 2 aromatic carbocycles. The van der Waals surface area contributed by atoms with Crippen LogP contribution >= 0.6 is 0 Å². The average Bonchev–Trinajstić information content (AvgIpc) is 2.77. The Labute approximate surface area is 173 Å². The van der Waals surface area contributed by atoms with Gasteiger partial charge >= 0.3 is 0 Å². The topological polar surface area (TPSA) is 91.3 Å². The largest absolute Gasteiger partial charge is 0.494 e. The van der Waals surface area contributed by atoms with Crippen molar-refractivity contribution < 1.29 is 5.11 Å². The molecule has 1 N–H and O–H groups in total. The third-order valence-corrected chi connectivity index (χ3v) is 4.99. The second-order valence-corrected chi connectivity index (χ2v) is 6.89. The molecule has 0 radical (unpaired) electrons. The molecule has 2 heterocycles. The van der Waals surface area contributed by atoms with Gasteiger partial charge in [0, 0.05) is 18.6 Å². The van der Waals surface area contributed by atoms with Crippen LogP contribution in [0.3, 0.4) is 0 Å². The quantitative estimate of drug-likeness (QED) is 0.528. The molecule has 0 spiro atoms. The minimum atomic E-state index is -0.542. The van der Waals surface area contributed by atoms with Crippen molar-refractivity contribution in [3.05, 3.63) is 99.6 Å². The van der Waals surface area contributed by atoms with Crippen molar-refractivity contribution in [2.24, 2.45) is 4.99 Å². The number of rotatable bonds is 4. The zero-order chi connectivity index (χ0) is 21.1. The standard InChI is InChI=1S/C24H18N4O2/c1-16-21(12-25)23(29)28(15-17-5-4-10-26-13-17)24(30)22(16)14-27-20-9-8-18-6-2-3-7-19(18)11-20/h2-11,13-14,30H,15H2,1H3. The molecule has 6 heteroatoms. The van der Waals surface area contributed by atoms with Gasteiger partial charge in [-0.15, -0.1) is 0 Å². The Morgan fingerprint density at radius 2 is 1.97 bits per heavy atom. The molecule has 0 unspecified atom stereocenters. The van der Waals surface area contributed by atoms with Gasteiger partial charge in [0.25, 0.3) is 5.56 Å². The van der Waals surface area contributed by atoms with E-state index in [1.54, 1.807) is 31.5 Å². The molecule has 0 atom stereocenters. The predicted molar refractivity (Wildman–Crippen MR) is 116 cm³/mol. The van der Waals surface area contributed by atoms with Gasteiger partial charge < -0.3 is 5.11 Å². The Hall–Kier alpha value is -4.24. The molecule has 4 rings (SSSR count). The molecule has 2 aromatic heterocycles. The first-order valence-corrected chi connectivity index (χ1v) is 9.36. The highest BCUT2D eigenvalue weighted by molar-refractivity contribution is 5.90. The van der Waals surface area contributed by atoms with Crippen molar-refractivity contribution in [1.29, 1.82) is 5.26 Å². The minimum Gasteiger partial charge on any atom is -0.494 e. The van der Waals surface area contributed by atoms with E-state index in [0.29, 0.717) is 16.8 Å². The van der Waals surface area contributed by atoms with Gasteiger partial charge in [-0.2, -0.15) is 5.26 Å². The highest BCUT2D eigenvalue weighted by Crippen LogP contribution is 2.24. The van der Waals surface area contributed by atoms with Crippen LogP contribution < -0.4 is 5.56 Å². The zero-order valence-corrected chi connectivity index (χ0v) is 16.3. The lowest BCUT2D eigenvalue weighted by Gasteiger charge is -2.14. The van der Waals surface area contributed by atoms with Crippen LogP contribution in [0.5, 0.6) is 5.88 Å². The van der Waals surface area contributed by atoms with E-state index in [-0.39, 0.29) is 18.0 Å². The molecule has 4 aromatic rings. The molecule has 6 nitrogen and oxygen atoms in total. The number of fused-ring (bicyclic) bond motifs is 1. The molecule has 0 aliphatic heterocycles. The van der Waals surface area contributed by atoms with E-state index >= 15 is 0 Å². The molecule has 0 fully saturated rings. The van der Waals surface area contributed by atoms with Gasteiger partial charge in [-0.1, -0.05) is 36.4 Å². The third-order valence-electron chi connectivity index (χ3n) is 4.99. The smallest absolute Gasteiger partial charge is 0.271 e. The summed E-state index contributed by atoms with van der Waals surface area (Å²) >= 11 is 0. The Balaban J connectivity index is 1.80. The fourth-order valence-electron chi connectivity index (χ4n) is 3.34. The number of hydrogen-bond donors (Lipinski definition) is 1. The highest BCUT2D eigenvalue weighted by atomic mass is 16.3. The summed E-state index contributed by atoms with van der Waals surface area (Å²) in [5.74, 6) is -0.232. The fraction of sp³-hybridized carbons (Fsp3) is 0.0833. The third kappa shape index (κ3) is 3.56. The number of benzene rings is 2. The predicted octanol–water partition coefficient (Wildman–Crippen LogP) is 4.08. The van der Waals surface area contributed by atoms with Crippen molar-refractivity contribution in [2.45, 2.75) is 13.5 Å². The second-order valence-electron chi connectivity index (χ2n) is 6.89. The molecule has 0 bridgehead atoms. The zero-order valence-electron chi connectivity index (χ0n) is 16.3. The first kappa shape index (κ1) is 19.1. The van der Waals surface area contributed by atoms with Crippen molar-refractivity contribution in [1.82, 2.24) is 9.55 Å². The van der Waals surface area contributed by atoms with Gasteiger partial charge in [-0.05, 0) is 47.0 Å². The molecule has 0 saturated heterocycles. The molecule has 0 aliphatic carbocycles. The van der Waals surface area contributed by atoms with E-state index in [1.807, 2.05) is 48.5 Å². The summed E-state index contributed by atoms with van der Waals surface area (Å²) in [4.78, 5) is 21.2. The lowest BCUT2D eigenvalue weighted by molar-refractivity contribution is 0.413. The number of pyridine rings is 2. The van der Waals surface area contributed by atoms with Crippen molar-refractivity contribution >= 4 is 22.7 Å². The van der Waals surface area contributed by atoms with E-state index < -0.39 is 5.56 Å². The Bertz CT molecular complexity index is 1370. The van der Waals surface area contributed by atoms with Crippen LogP contribution in [0.25, 0.3) is 10.8 Å². The maximum absolute atomic E-state index is 12.7. The summed E-state index contributed by atoms with van der Waals surface area (Å²) in [5, 5.41) is 22.5. The number of aromatic hydroxyl groups is 1. The van der Waals surface area contributed by atoms with Gasteiger partial charge in [-0.25, -0.2) is 0 Å². The number of nitriles is 1. The maximum Gasteiger partial charge on any atom is 0.271 e.